The summed E-state index contributed by atoms with van der Waals surface area (Å²) in [7, 11) is 3.29. The standard InChI is InChI=1S/C18H20O2/c1-14(16-7-5-4-6-8-16)9-10-15-11-12-17(19-2)18(13-15)20-3/h4-14H,1-3H3/b10-9+. The molecule has 0 aliphatic rings. The van der Waals surface area contributed by atoms with E-state index in [-0.39, 0.29) is 0 Å². The first-order valence-electron chi connectivity index (χ1n) is 6.69. The molecule has 0 aliphatic heterocycles. The first kappa shape index (κ1) is 14.2. The van der Waals surface area contributed by atoms with Crippen LogP contribution in [0.25, 0.3) is 6.08 Å². The molecule has 2 heteroatoms. The monoisotopic (exact) mass is 268 g/mol. The van der Waals surface area contributed by atoms with Crippen LogP contribution in [-0.4, -0.2) is 14.2 Å². The van der Waals surface area contributed by atoms with Crippen molar-refractivity contribution in [2.45, 2.75) is 12.8 Å². The summed E-state index contributed by atoms with van der Waals surface area (Å²) in [6.45, 7) is 2.19. The SMILES string of the molecule is COc1ccc(/C=C/C(C)c2ccccc2)cc1OC. The van der Waals surface area contributed by atoms with Gasteiger partial charge in [0.2, 0.25) is 0 Å². The third-order valence-electron chi connectivity index (χ3n) is 3.31. The van der Waals surface area contributed by atoms with E-state index in [1.165, 1.54) is 5.56 Å². The highest BCUT2D eigenvalue weighted by molar-refractivity contribution is 5.56. The maximum Gasteiger partial charge on any atom is 0.161 e. The Morgan fingerprint density at radius 2 is 1.60 bits per heavy atom. The fraction of sp³-hybridized carbons (Fsp3) is 0.222. The minimum atomic E-state index is 0.379. The van der Waals surface area contributed by atoms with Crippen molar-refractivity contribution in [2.75, 3.05) is 14.2 Å². The lowest BCUT2D eigenvalue weighted by atomic mass is 10.00. The highest BCUT2D eigenvalue weighted by Crippen LogP contribution is 2.28. The van der Waals surface area contributed by atoms with Crippen LogP contribution >= 0.6 is 0 Å². The predicted molar refractivity (Wildman–Crippen MR) is 83.4 cm³/mol. The molecule has 0 aliphatic carbocycles. The zero-order valence-electron chi connectivity index (χ0n) is 12.2. The van der Waals surface area contributed by atoms with Crippen LogP contribution in [0.5, 0.6) is 11.5 Å². The van der Waals surface area contributed by atoms with Crippen molar-refractivity contribution in [1.82, 2.24) is 0 Å². The number of ether oxygens (including phenoxy) is 2. The van der Waals surface area contributed by atoms with Crippen LogP contribution in [0.4, 0.5) is 0 Å². The number of methoxy groups -OCH3 is 2. The minimum Gasteiger partial charge on any atom is -0.493 e. The van der Waals surface area contributed by atoms with Crippen molar-refractivity contribution in [2.24, 2.45) is 0 Å². The van der Waals surface area contributed by atoms with E-state index in [0.29, 0.717) is 5.92 Å². The van der Waals surface area contributed by atoms with Crippen molar-refractivity contribution < 1.29 is 9.47 Å². The lowest BCUT2D eigenvalue weighted by Crippen LogP contribution is -1.91. The first-order valence-corrected chi connectivity index (χ1v) is 6.69. The molecule has 1 unspecified atom stereocenters. The summed E-state index contributed by atoms with van der Waals surface area (Å²) in [6.07, 6.45) is 4.30. The Morgan fingerprint density at radius 3 is 2.25 bits per heavy atom. The molecule has 2 nitrogen and oxygen atoms in total. The molecule has 2 aromatic rings. The lowest BCUT2D eigenvalue weighted by molar-refractivity contribution is 0.355. The number of benzene rings is 2. The quantitative estimate of drug-likeness (QED) is 0.793. The number of allylic oxidation sites excluding steroid dienone is 1. The van der Waals surface area contributed by atoms with Gasteiger partial charge in [0.25, 0.3) is 0 Å². The van der Waals surface area contributed by atoms with Gasteiger partial charge in [-0.2, -0.15) is 0 Å². The van der Waals surface area contributed by atoms with Gasteiger partial charge in [0.15, 0.2) is 11.5 Å². The molecule has 0 fully saturated rings. The Kier molecular flexibility index (Phi) is 4.83. The molecule has 104 valence electrons. The molecule has 2 aromatic carbocycles. The molecule has 0 radical (unpaired) electrons. The van der Waals surface area contributed by atoms with E-state index in [1.54, 1.807) is 14.2 Å². The smallest absolute Gasteiger partial charge is 0.161 e. The molecule has 2 rings (SSSR count). The molecule has 0 heterocycles. The van der Waals surface area contributed by atoms with Gasteiger partial charge in [-0.05, 0) is 29.2 Å². The third kappa shape index (κ3) is 3.41. The highest BCUT2D eigenvalue weighted by atomic mass is 16.5. The van der Waals surface area contributed by atoms with Crippen molar-refractivity contribution in [1.29, 1.82) is 0 Å². The Labute approximate surface area is 120 Å². The molecular formula is C18H20O2. The van der Waals surface area contributed by atoms with Gasteiger partial charge in [0.05, 0.1) is 14.2 Å². The van der Waals surface area contributed by atoms with Gasteiger partial charge in [-0.1, -0.05) is 55.5 Å². The maximum absolute atomic E-state index is 5.31. The zero-order chi connectivity index (χ0) is 14.4. The van der Waals surface area contributed by atoms with Crippen LogP contribution in [0, 0.1) is 0 Å². The summed E-state index contributed by atoms with van der Waals surface area (Å²) >= 11 is 0. The Hall–Kier alpha value is -2.22. The van der Waals surface area contributed by atoms with Gasteiger partial charge in [0.1, 0.15) is 0 Å². The second-order valence-corrected chi connectivity index (χ2v) is 4.67. The lowest BCUT2D eigenvalue weighted by Gasteiger charge is -2.09. The van der Waals surface area contributed by atoms with E-state index < -0.39 is 0 Å². The zero-order valence-corrected chi connectivity index (χ0v) is 12.2. The number of hydrogen-bond donors (Lipinski definition) is 0. The van der Waals surface area contributed by atoms with Gasteiger partial charge in [0, 0.05) is 0 Å². The van der Waals surface area contributed by atoms with E-state index in [2.05, 4.69) is 43.3 Å². The molecule has 0 saturated carbocycles. The Bertz CT molecular complexity index is 573. The topological polar surface area (TPSA) is 18.5 Å². The van der Waals surface area contributed by atoms with Gasteiger partial charge >= 0.3 is 0 Å². The predicted octanol–water partition coefficient (Wildman–Crippen LogP) is 4.52. The van der Waals surface area contributed by atoms with Crippen molar-refractivity contribution in [3.8, 4) is 11.5 Å². The minimum absolute atomic E-state index is 0.379. The van der Waals surface area contributed by atoms with Crippen molar-refractivity contribution in [3.05, 3.63) is 65.7 Å². The van der Waals surface area contributed by atoms with Crippen LogP contribution in [0.3, 0.4) is 0 Å². The molecular weight excluding hydrogens is 248 g/mol. The molecule has 0 saturated heterocycles. The van der Waals surface area contributed by atoms with E-state index in [0.717, 1.165) is 17.1 Å². The number of hydrogen-bond acceptors (Lipinski definition) is 2. The fourth-order valence-corrected chi connectivity index (χ4v) is 2.08. The average molecular weight is 268 g/mol. The summed E-state index contributed by atoms with van der Waals surface area (Å²) in [5, 5.41) is 0. The van der Waals surface area contributed by atoms with Gasteiger partial charge < -0.3 is 9.47 Å². The Morgan fingerprint density at radius 1 is 0.900 bits per heavy atom. The van der Waals surface area contributed by atoms with E-state index in [1.807, 2.05) is 24.3 Å². The summed E-state index contributed by atoms with van der Waals surface area (Å²) in [5.74, 6) is 1.88. The average Bonchev–Trinajstić information content (AvgIpc) is 2.53. The van der Waals surface area contributed by atoms with Crippen LogP contribution < -0.4 is 9.47 Å². The summed E-state index contributed by atoms with van der Waals surface area (Å²) in [5.41, 5.74) is 2.41. The van der Waals surface area contributed by atoms with E-state index in [9.17, 15) is 0 Å². The molecule has 1 atom stereocenters. The van der Waals surface area contributed by atoms with Gasteiger partial charge in [-0.3, -0.25) is 0 Å². The molecule has 20 heavy (non-hydrogen) atoms. The molecule has 0 aromatic heterocycles. The molecule has 0 amide bonds. The fourth-order valence-electron chi connectivity index (χ4n) is 2.08. The Balaban J connectivity index is 2.15. The molecule has 0 N–H and O–H groups in total. The normalized spacial score (nSPS) is 12.3. The summed E-state index contributed by atoms with van der Waals surface area (Å²) < 4.78 is 10.5. The first-order chi connectivity index (χ1) is 9.74. The highest BCUT2D eigenvalue weighted by Gasteiger charge is 2.03. The van der Waals surface area contributed by atoms with Crippen LogP contribution in [-0.2, 0) is 0 Å². The van der Waals surface area contributed by atoms with E-state index >= 15 is 0 Å². The summed E-state index contributed by atoms with van der Waals surface area (Å²) in [4.78, 5) is 0. The van der Waals surface area contributed by atoms with Crippen LogP contribution in [0.15, 0.2) is 54.6 Å². The van der Waals surface area contributed by atoms with Gasteiger partial charge in [-0.25, -0.2) is 0 Å². The molecule has 0 bridgehead atoms. The van der Waals surface area contributed by atoms with Crippen molar-refractivity contribution >= 4 is 6.08 Å². The number of rotatable bonds is 5. The second kappa shape index (κ2) is 6.80. The molecule has 0 spiro atoms. The van der Waals surface area contributed by atoms with Gasteiger partial charge in [-0.15, -0.1) is 0 Å². The summed E-state index contributed by atoms with van der Waals surface area (Å²) in [6, 6.07) is 16.4. The van der Waals surface area contributed by atoms with Crippen molar-refractivity contribution in [3.63, 3.8) is 0 Å². The van der Waals surface area contributed by atoms with E-state index in [4.69, 9.17) is 9.47 Å². The third-order valence-corrected chi connectivity index (χ3v) is 3.31. The van der Waals surface area contributed by atoms with Crippen LogP contribution in [0.1, 0.15) is 24.0 Å². The largest absolute Gasteiger partial charge is 0.493 e. The second-order valence-electron chi connectivity index (χ2n) is 4.67. The van der Waals surface area contributed by atoms with Crippen LogP contribution in [0.2, 0.25) is 0 Å². The maximum atomic E-state index is 5.31.